The second kappa shape index (κ2) is 4.93. The highest BCUT2D eigenvalue weighted by molar-refractivity contribution is 5.29. The van der Waals surface area contributed by atoms with Crippen LogP contribution in [0.3, 0.4) is 0 Å². The minimum Gasteiger partial charge on any atom is -0.323 e. The molecule has 0 radical (unpaired) electrons. The summed E-state index contributed by atoms with van der Waals surface area (Å²) in [5.41, 5.74) is 9.50. The summed E-state index contributed by atoms with van der Waals surface area (Å²) in [6.07, 6.45) is 0.685. The smallest absolute Gasteiger partial charge is 0.0644 e. The molecular weight excluding hydrogens is 210 g/mol. The highest BCUT2D eigenvalue weighted by Gasteiger charge is 2.15. The fraction of sp³-hybridized carbons (Fsp3) is 0.643. The van der Waals surface area contributed by atoms with Crippen molar-refractivity contribution in [1.29, 1.82) is 0 Å². The van der Waals surface area contributed by atoms with Crippen molar-refractivity contribution in [2.45, 2.75) is 47.1 Å². The summed E-state index contributed by atoms with van der Waals surface area (Å²) in [5, 5.41) is 4.38. The number of nitrogens with two attached hydrogens (primary N) is 1. The Kier molecular flexibility index (Phi) is 4.00. The topological polar surface area (TPSA) is 43.8 Å². The molecule has 0 aliphatic heterocycles. The first-order valence-electron chi connectivity index (χ1n) is 5.98. The van der Waals surface area contributed by atoms with Gasteiger partial charge >= 0.3 is 0 Å². The first-order valence-corrected chi connectivity index (χ1v) is 5.98. The number of rotatable bonds is 2. The average Bonchev–Trinajstić information content (AvgIpc) is 2.38. The average molecular weight is 233 g/mol. The number of nitrogens with zero attached hydrogens (tertiary/aromatic N) is 2. The van der Waals surface area contributed by atoms with Crippen molar-refractivity contribution in [3.05, 3.63) is 17.0 Å². The maximum atomic E-state index is 6.18. The predicted molar refractivity (Wildman–Crippen MR) is 71.5 cm³/mol. The Hall–Kier alpha value is -1.27. The number of aryl methyl sites for hydroxylation is 2. The zero-order valence-electron chi connectivity index (χ0n) is 11.8. The van der Waals surface area contributed by atoms with E-state index in [-0.39, 0.29) is 11.5 Å². The second-order valence-electron chi connectivity index (χ2n) is 5.57. The summed E-state index contributed by atoms with van der Waals surface area (Å²) in [7, 11) is 1.94. The molecule has 17 heavy (non-hydrogen) atoms. The van der Waals surface area contributed by atoms with E-state index in [2.05, 4.69) is 37.7 Å². The van der Waals surface area contributed by atoms with Crippen molar-refractivity contribution in [3.63, 3.8) is 0 Å². The van der Waals surface area contributed by atoms with Crippen LogP contribution in [0, 0.1) is 31.1 Å². The summed E-state index contributed by atoms with van der Waals surface area (Å²) in [5.74, 6) is 6.39. The summed E-state index contributed by atoms with van der Waals surface area (Å²) in [6.45, 7) is 10.4. The third-order valence-corrected chi connectivity index (χ3v) is 2.72. The molecule has 1 heterocycles. The lowest BCUT2D eigenvalue weighted by atomic mass is 9.96. The summed E-state index contributed by atoms with van der Waals surface area (Å²) in [4.78, 5) is 0. The molecule has 0 aliphatic rings. The zero-order chi connectivity index (χ0) is 13.2. The Bertz CT molecular complexity index is 452. The largest absolute Gasteiger partial charge is 0.323 e. The van der Waals surface area contributed by atoms with Crippen LogP contribution in [-0.2, 0) is 7.05 Å². The summed E-state index contributed by atoms with van der Waals surface area (Å²) in [6, 6.07) is -0.0430. The van der Waals surface area contributed by atoms with E-state index in [4.69, 9.17) is 5.73 Å². The van der Waals surface area contributed by atoms with Gasteiger partial charge in [0.25, 0.3) is 0 Å². The van der Waals surface area contributed by atoms with Crippen LogP contribution in [0.4, 0.5) is 0 Å². The molecule has 1 atom stereocenters. The van der Waals surface area contributed by atoms with Gasteiger partial charge in [-0.1, -0.05) is 5.92 Å². The second-order valence-corrected chi connectivity index (χ2v) is 5.57. The predicted octanol–water partition coefficient (Wildman–Crippen LogP) is 2.48. The van der Waals surface area contributed by atoms with Crippen molar-refractivity contribution in [2.75, 3.05) is 0 Å². The molecule has 2 N–H and O–H groups in total. The minimum absolute atomic E-state index is 0.0404. The van der Waals surface area contributed by atoms with Gasteiger partial charge in [-0.05, 0) is 34.6 Å². The molecule has 94 valence electrons. The maximum Gasteiger partial charge on any atom is 0.0644 e. The van der Waals surface area contributed by atoms with Crippen LogP contribution >= 0.6 is 0 Å². The minimum atomic E-state index is -0.0430. The van der Waals surface area contributed by atoms with Crippen molar-refractivity contribution < 1.29 is 0 Å². The van der Waals surface area contributed by atoms with E-state index in [0.717, 1.165) is 17.0 Å². The Morgan fingerprint density at radius 3 is 2.35 bits per heavy atom. The lowest BCUT2D eigenvalue weighted by Gasteiger charge is -2.10. The standard InChI is InChI=1S/C14H23N3/c1-10-13(11(2)17(6)16-10)12(15)8-7-9-14(3,4)5/h12H,8,15H2,1-6H3. The van der Waals surface area contributed by atoms with Gasteiger partial charge in [0.15, 0.2) is 0 Å². The van der Waals surface area contributed by atoms with Gasteiger partial charge in [0.1, 0.15) is 0 Å². The molecular formula is C14H23N3. The Balaban J connectivity index is 2.83. The van der Waals surface area contributed by atoms with Crippen LogP contribution in [0.5, 0.6) is 0 Å². The van der Waals surface area contributed by atoms with Crippen LogP contribution in [0.25, 0.3) is 0 Å². The normalized spacial score (nSPS) is 13.1. The SMILES string of the molecule is Cc1nn(C)c(C)c1C(N)CC#CC(C)(C)C. The van der Waals surface area contributed by atoms with E-state index in [1.807, 2.05) is 25.6 Å². The van der Waals surface area contributed by atoms with Gasteiger partial charge in [-0.3, -0.25) is 4.68 Å². The van der Waals surface area contributed by atoms with E-state index >= 15 is 0 Å². The van der Waals surface area contributed by atoms with Gasteiger partial charge in [-0.15, -0.1) is 5.92 Å². The molecule has 0 saturated heterocycles. The molecule has 3 heteroatoms. The lowest BCUT2D eigenvalue weighted by molar-refractivity contribution is 0.569. The van der Waals surface area contributed by atoms with Crippen LogP contribution in [0.15, 0.2) is 0 Å². The number of hydrogen-bond donors (Lipinski definition) is 1. The van der Waals surface area contributed by atoms with Gasteiger partial charge in [-0.2, -0.15) is 5.10 Å². The summed E-state index contributed by atoms with van der Waals surface area (Å²) < 4.78 is 1.88. The van der Waals surface area contributed by atoms with Crippen molar-refractivity contribution in [3.8, 4) is 11.8 Å². The molecule has 1 unspecified atom stereocenters. The van der Waals surface area contributed by atoms with Crippen molar-refractivity contribution in [2.24, 2.45) is 18.2 Å². The third-order valence-electron chi connectivity index (χ3n) is 2.72. The molecule has 1 aromatic heterocycles. The molecule has 0 bridgehead atoms. The van der Waals surface area contributed by atoms with E-state index in [9.17, 15) is 0 Å². The van der Waals surface area contributed by atoms with Gasteiger partial charge in [0, 0.05) is 36.2 Å². The van der Waals surface area contributed by atoms with E-state index in [1.54, 1.807) is 0 Å². The Labute approximate surface area is 104 Å². The van der Waals surface area contributed by atoms with Gasteiger partial charge in [-0.25, -0.2) is 0 Å². The van der Waals surface area contributed by atoms with Crippen LogP contribution in [0.2, 0.25) is 0 Å². The molecule has 1 rings (SSSR count). The zero-order valence-corrected chi connectivity index (χ0v) is 11.8. The van der Waals surface area contributed by atoms with Crippen molar-refractivity contribution in [1.82, 2.24) is 9.78 Å². The van der Waals surface area contributed by atoms with Crippen LogP contribution < -0.4 is 5.73 Å². The molecule has 0 saturated carbocycles. The quantitative estimate of drug-likeness (QED) is 0.797. The fourth-order valence-electron chi connectivity index (χ4n) is 1.85. The third kappa shape index (κ3) is 3.61. The fourth-order valence-corrected chi connectivity index (χ4v) is 1.85. The molecule has 0 fully saturated rings. The van der Waals surface area contributed by atoms with E-state index in [1.165, 1.54) is 0 Å². The Morgan fingerprint density at radius 2 is 1.94 bits per heavy atom. The van der Waals surface area contributed by atoms with E-state index < -0.39 is 0 Å². The molecule has 1 aromatic rings. The van der Waals surface area contributed by atoms with Gasteiger partial charge in [0.05, 0.1) is 5.69 Å². The highest BCUT2D eigenvalue weighted by atomic mass is 15.3. The molecule has 0 amide bonds. The highest BCUT2D eigenvalue weighted by Crippen LogP contribution is 2.21. The maximum absolute atomic E-state index is 6.18. The Morgan fingerprint density at radius 1 is 1.35 bits per heavy atom. The monoisotopic (exact) mass is 233 g/mol. The van der Waals surface area contributed by atoms with Crippen molar-refractivity contribution >= 4 is 0 Å². The lowest BCUT2D eigenvalue weighted by Crippen LogP contribution is -2.12. The first kappa shape index (κ1) is 13.8. The molecule has 0 aromatic carbocycles. The van der Waals surface area contributed by atoms with E-state index in [0.29, 0.717) is 6.42 Å². The summed E-state index contributed by atoms with van der Waals surface area (Å²) >= 11 is 0. The first-order chi connectivity index (χ1) is 7.72. The van der Waals surface area contributed by atoms with Crippen LogP contribution in [-0.4, -0.2) is 9.78 Å². The molecule has 0 spiro atoms. The van der Waals surface area contributed by atoms with Gasteiger partial charge < -0.3 is 5.73 Å². The van der Waals surface area contributed by atoms with Gasteiger partial charge in [0.2, 0.25) is 0 Å². The molecule has 3 nitrogen and oxygen atoms in total. The molecule has 0 aliphatic carbocycles. The van der Waals surface area contributed by atoms with Crippen LogP contribution in [0.1, 0.15) is 50.2 Å². The number of aromatic nitrogens is 2. The number of hydrogen-bond acceptors (Lipinski definition) is 2.